The normalized spacial score (nSPS) is 10.5. The fraction of sp³-hybridized carbons (Fsp3) is 0.273. The molecule has 0 unspecified atom stereocenters. The van der Waals surface area contributed by atoms with Gasteiger partial charge in [0, 0.05) is 16.8 Å². The maximum atomic E-state index is 11.7. The smallest absolute Gasteiger partial charge is 0.307 e. The number of pyridine rings is 1. The molecule has 0 saturated heterocycles. The van der Waals surface area contributed by atoms with Gasteiger partial charge in [0.05, 0.1) is 6.54 Å². The average molecular weight is 250 g/mol. The molecule has 90 valence electrons. The molecule has 17 heavy (non-hydrogen) atoms. The number of aromatic nitrogens is 2. The largest absolute Gasteiger partial charge is 0.308 e. The molecule has 0 aliphatic rings. The first-order valence-electron chi connectivity index (χ1n) is 5.20. The summed E-state index contributed by atoms with van der Waals surface area (Å²) >= 11 is 1.28. The Kier molecular flexibility index (Phi) is 3.26. The van der Waals surface area contributed by atoms with E-state index in [0.29, 0.717) is 12.4 Å². The van der Waals surface area contributed by atoms with Gasteiger partial charge in [-0.3, -0.25) is 9.36 Å². The van der Waals surface area contributed by atoms with E-state index in [4.69, 9.17) is 5.84 Å². The first-order valence-corrected chi connectivity index (χ1v) is 6.02. The predicted molar refractivity (Wildman–Crippen MR) is 69.2 cm³/mol. The van der Waals surface area contributed by atoms with Crippen LogP contribution in [-0.4, -0.2) is 9.55 Å². The zero-order chi connectivity index (χ0) is 12.4. The van der Waals surface area contributed by atoms with Gasteiger partial charge < -0.3 is 5.43 Å². The maximum Gasteiger partial charge on any atom is 0.307 e. The van der Waals surface area contributed by atoms with E-state index in [1.807, 2.05) is 26.0 Å². The number of nitrogens with zero attached hydrogens (tertiary/aromatic N) is 2. The van der Waals surface area contributed by atoms with Gasteiger partial charge in [0.25, 0.3) is 0 Å². The van der Waals surface area contributed by atoms with Crippen molar-refractivity contribution in [1.82, 2.24) is 9.55 Å². The molecule has 6 heteroatoms. The highest BCUT2D eigenvalue weighted by Crippen LogP contribution is 2.13. The molecule has 2 rings (SSSR count). The van der Waals surface area contributed by atoms with Crippen LogP contribution < -0.4 is 16.1 Å². The number of nitrogen functional groups attached to an aromatic ring is 1. The van der Waals surface area contributed by atoms with Crippen molar-refractivity contribution in [2.45, 2.75) is 20.4 Å². The van der Waals surface area contributed by atoms with Crippen LogP contribution in [0.5, 0.6) is 0 Å². The van der Waals surface area contributed by atoms with Gasteiger partial charge in [-0.1, -0.05) is 11.3 Å². The summed E-state index contributed by atoms with van der Waals surface area (Å²) in [6, 6.07) is 3.71. The third-order valence-corrected chi connectivity index (χ3v) is 3.68. The fourth-order valence-electron chi connectivity index (χ4n) is 1.60. The Balaban J connectivity index is 2.34. The highest BCUT2D eigenvalue weighted by Gasteiger charge is 2.08. The zero-order valence-electron chi connectivity index (χ0n) is 9.73. The third kappa shape index (κ3) is 2.37. The quantitative estimate of drug-likeness (QED) is 0.635. The molecule has 0 aliphatic heterocycles. The molecule has 0 radical (unpaired) electrons. The van der Waals surface area contributed by atoms with E-state index >= 15 is 0 Å². The third-order valence-electron chi connectivity index (χ3n) is 2.69. The van der Waals surface area contributed by atoms with Crippen molar-refractivity contribution in [2.24, 2.45) is 5.84 Å². The Morgan fingerprint density at radius 1 is 1.53 bits per heavy atom. The molecule has 0 spiro atoms. The number of hydrogen-bond donors (Lipinski definition) is 2. The van der Waals surface area contributed by atoms with Gasteiger partial charge in [0.15, 0.2) is 0 Å². The molecule has 3 N–H and O–H groups in total. The van der Waals surface area contributed by atoms with Gasteiger partial charge in [0.1, 0.15) is 5.82 Å². The minimum atomic E-state index is 0.0686. The van der Waals surface area contributed by atoms with E-state index in [-0.39, 0.29) is 4.87 Å². The minimum Gasteiger partial charge on any atom is -0.308 e. The lowest BCUT2D eigenvalue weighted by Gasteiger charge is -2.06. The summed E-state index contributed by atoms with van der Waals surface area (Å²) < 4.78 is 1.76. The number of nitrogens with two attached hydrogens (primary N) is 1. The summed E-state index contributed by atoms with van der Waals surface area (Å²) in [6.07, 6.45) is 1.67. The van der Waals surface area contributed by atoms with Crippen LogP contribution in [0.4, 0.5) is 5.82 Å². The molecule has 0 aromatic carbocycles. The van der Waals surface area contributed by atoms with Crippen LogP contribution in [0, 0.1) is 13.8 Å². The number of thiazole rings is 1. The highest BCUT2D eigenvalue weighted by atomic mass is 32.1. The monoisotopic (exact) mass is 250 g/mol. The van der Waals surface area contributed by atoms with Crippen LogP contribution in [0.25, 0.3) is 0 Å². The lowest BCUT2D eigenvalue weighted by atomic mass is 10.2. The van der Waals surface area contributed by atoms with Crippen LogP contribution in [0.2, 0.25) is 0 Å². The molecule has 0 atom stereocenters. The van der Waals surface area contributed by atoms with Crippen molar-refractivity contribution in [3.8, 4) is 0 Å². The second kappa shape index (κ2) is 4.68. The zero-order valence-corrected chi connectivity index (χ0v) is 10.5. The number of rotatable bonds is 3. The van der Waals surface area contributed by atoms with Crippen LogP contribution in [0.3, 0.4) is 0 Å². The molecule has 2 heterocycles. The van der Waals surface area contributed by atoms with E-state index in [1.54, 1.807) is 10.8 Å². The molecular weight excluding hydrogens is 236 g/mol. The van der Waals surface area contributed by atoms with E-state index in [1.165, 1.54) is 11.3 Å². The van der Waals surface area contributed by atoms with Gasteiger partial charge >= 0.3 is 4.87 Å². The number of anilines is 1. The number of aryl methyl sites for hydroxylation is 1. The average Bonchev–Trinajstić information content (AvgIpc) is 2.56. The molecule has 0 fully saturated rings. The highest BCUT2D eigenvalue weighted by molar-refractivity contribution is 7.09. The van der Waals surface area contributed by atoms with Crippen LogP contribution in [0.1, 0.15) is 16.1 Å². The summed E-state index contributed by atoms with van der Waals surface area (Å²) in [5.74, 6) is 5.89. The predicted octanol–water partition coefficient (Wildman–Crippen LogP) is 1.26. The Labute approximate surface area is 103 Å². The molecule has 0 amide bonds. The molecule has 0 bridgehead atoms. The van der Waals surface area contributed by atoms with Crippen molar-refractivity contribution in [1.29, 1.82) is 0 Å². The van der Waals surface area contributed by atoms with Gasteiger partial charge in [0.2, 0.25) is 0 Å². The van der Waals surface area contributed by atoms with Gasteiger partial charge in [-0.05, 0) is 31.5 Å². The lowest BCUT2D eigenvalue weighted by molar-refractivity contribution is 0.750. The van der Waals surface area contributed by atoms with Crippen molar-refractivity contribution in [3.63, 3.8) is 0 Å². The summed E-state index contributed by atoms with van der Waals surface area (Å²) in [4.78, 5) is 16.9. The lowest BCUT2D eigenvalue weighted by Crippen LogP contribution is -2.16. The first kappa shape index (κ1) is 11.8. The molecule has 0 saturated carbocycles. The van der Waals surface area contributed by atoms with E-state index in [0.717, 1.165) is 16.1 Å². The van der Waals surface area contributed by atoms with Crippen molar-refractivity contribution < 1.29 is 0 Å². The van der Waals surface area contributed by atoms with Crippen LogP contribution >= 0.6 is 11.3 Å². The van der Waals surface area contributed by atoms with Crippen molar-refractivity contribution in [3.05, 3.63) is 44.1 Å². The summed E-state index contributed by atoms with van der Waals surface area (Å²) in [7, 11) is 0. The Morgan fingerprint density at radius 3 is 2.88 bits per heavy atom. The topological polar surface area (TPSA) is 72.9 Å². The Hall–Kier alpha value is -1.66. The Bertz CT molecular complexity index is 587. The van der Waals surface area contributed by atoms with Crippen LogP contribution in [0.15, 0.2) is 23.1 Å². The van der Waals surface area contributed by atoms with Crippen LogP contribution in [-0.2, 0) is 6.54 Å². The SMILES string of the molecule is Cc1sc(=O)n(Cc2ccnc(NN)c2)c1C. The Morgan fingerprint density at radius 2 is 2.29 bits per heavy atom. The van der Waals surface area contributed by atoms with Crippen molar-refractivity contribution in [2.75, 3.05) is 5.43 Å². The number of hydrazine groups is 1. The van der Waals surface area contributed by atoms with Crippen molar-refractivity contribution >= 4 is 17.2 Å². The second-order valence-corrected chi connectivity index (χ2v) is 4.96. The molecule has 0 aliphatic carbocycles. The molecule has 2 aromatic heterocycles. The first-order chi connectivity index (χ1) is 8.11. The van der Waals surface area contributed by atoms with Gasteiger partial charge in [-0.15, -0.1) is 0 Å². The molecule has 2 aromatic rings. The molecular formula is C11H14N4OS. The van der Waals surface area contributed by atoms with Gasteiger partial charge in [-0.25, -0.2) is 10.8 Å². The summed E-state index contributed by atoms with van der Waals surface area (Å²) in [5.41, 5.74) is 4.50. The van der Waals surface area contributed by atoms with E-state index in [9.17, 15) is 4.79 Å². The van der Waals surface area contributed by atoms with Gasteiger partial charge in [-0.2, -0.15) is 0 Å². The standard InChI is InChI=1S/C11H14N4OS/c1-7-8(2)17-11(16)15(7)6-9-3-4-13-10(5-9)14-12/h3-5H,6,12H2,1-2H3,(H,13,14). The number of nitrogens with one attached hydrogen (secondary N) is 1. The summed E-state index contributed by atoms with van der Waals surface area (Å²) in [6.45, 7) is 4.46. The second-order valence-electron chi connectivity index (χ2n) is 3.79. The molecule has 5 nitrogen and oxygen atoms in total. The number of hydrogen-bond acceptors (Lipinski definition) is 5. The van der Waals surface area contributed by atoms with E-state index < -0.39 is 0 Å². The summed E-state index contributed by atoms with van der Waals surface area (Å²) in [5, 5.41) is 0. The maximum absolute atomic E-state index is 11.7. The minimum absolute atomic E-state index is 0.0686. The fourth-order valence-corrected chi connectivity index (χ4v) is 2.44. The van der Waals surface area contributed by atoms with E-state index in [2.05, 4.69) is 10.4 Å².